The molecule has 0 saturated heterocycles. The number of aromatic carboxylic acids is 1. The van der Waals surface area contributed by atoms with Crippen molar-refractivity contribution in [1.82, 2.24) is 5.32 Å². The lowest BCUT2D eigenvalue weighted by molar-refractivity contribution is -0.173. The second kappa shape index (κ2) is 5.43. The number of halogens is 3. The van der Waals surface area contributed by atoms with Crippen LogP contribution in [0.2, 0.25) is 0 Å². The molecule has 0 bridgehead atoms. The fourth-order valence-corrected chi connectivity index (χ4v) is 1.98. The van der Waals surface area contributed by atoms with Crippen LogP contribution in [0.1, 0.15) is 15.9 Å². The van der Waals surface area contributed by atoms with E-state index in [1.54, 1.807) is 29.6 Å². The van der Waals surface area contributed by atoms with E-state index in [0.29, 0.717) is 16.3 Å². The number of fused-ring (bicyclic) bond motifs is 1. The predicted octanol–water partition coefficient (Wildman–Crippen LogP) is 2.72. The molecule has 0 atom stereocenters. The Bertz CT molecular complexity index is 710. The molecule has 21 heavy (non-hydrogen) atoms. The lowest BCUT2D eigenvalue weighted by Crippen LogP contribution is -2.36. The summed E-state index contributed by atoms with van der Waals surface area (Å²) in [5.74, 6) is -3.16. The van der Waals surface area contributed by atoms with Crippen molar-refractivity contribution in [2.75, 3.05) is 0 Å². The van der Waals surface area contributed by atoms with E-state index in [1.807, 2.05) is 0 Å². The van der Waals surface area contributed by atoms with Crippen LogP contribution in [0.4, 0.5) is 13.2 Å². The van der Waals surface area contributed by atoms with Gasteiger partial charge in [-0.05, 0) is 22.4 Å². The van der Waals surface area contributed by atoms with Gasteiger partial charge in [0.1, 0.15) is 0 Å². The average molecular weight is 297 g/mol. The summed E-state index contributed by atoms with van der Waals surface area (Å²) < 4.78 is 36.4. The molecule has 0 aliphatic rings. The van der Waals surface area contributed by atoms with Crippen LogP contribution in [-0.2, 0) is 11.3 Å². The van der Waals surface area contributed by atoms with Gasteiger partial charge < -0.3 is 10.4 Å². The number of carbonyl (C=O) groups is 2. The Balaban J connectivity index is 2.36. The number of carboxylic acids is 1. The molecule has 1 amide bonds. The molecule has 2 N–H and O–H groups in total. The fraction of sp³-hybridized carbons (Fsp3) is 0.143. The number of amides is 1. The smallest absolute Gasteiger partial charge is 0.471 e. The number of benzene rings is 2. The lowest BCUT2D eigenvalue weighted by atomic mass is 9.99. The molecule has 0 aromatic heterocycles. The number of carboxylic acid groups (broad SMARTS) is 1. The Hall–Kier alpha value is -2.57. The van der Waals surface area contributed by atoms with Gasteiger partial charge in [-0.25, -0.2) is 4.79 Å². The van der Waals surface area contributed by atoms with E-state index in [1.165, 1.54) is 12.1 Å². The SMILES string of the molecule is O=C(O)c1ccc(CNC(=O)C(F)(F)F)c2ccccc12. The zero-order valence-corrected chi connectivity index (χ0v) is 10.6. The average Bonchev–Trinajstić information content (AvgIpc) is 2.42. The van der Waals surface area contributed by atoms with E-state index in [9.17, 15) is 22.8 Å². The minimum absolute atomic E-state index is 0.0523. The van der Waals surface area contributed by atoms with Crippen molar-refractivity contribution >= 4 is 22.6 Å². The maximum absolute atomic E-state index is 12.1. The van der Waals surface area contributed by atoms with Crippen molar-refractivity contribution in [2.45, 2.75) is 12.7 Å². The van der Waals surface area contributed by atoms with E-state index in [-0.39, 0.29) is 12.1 Å². The highest BCUT2D eigenvalue weighted by atomic mass is 19.4. The molecule has 2 rings (SSSR count). The van der Waals surface area contributed by atoms with Crippen molar-refractivity contribution in [1.29, 1.82) is 0 Å². The van der Waals surface area contributed by atoms with Crippen LogP contribution in [0.15, 0.2) is 36.4 Å². The molecular formula is C14H10F3NO3. The number of alkyl halides is 3. The second-order valence-corrected chi connectivity index (χ2v) is 4.30. The Morgan fingerprint density at radius 3 is 2.24 bits per heavy atom. The van der Waals surface area contributed by atoms with E-state index in [4.69, 9.17) is 5.11 Å². The Morgan fingerprint density at radius 1 is 1.05 bits per heavy atom. The van der Waals surface area contributed by atoms with Gasteiger partial charge in [0.15, 0.2) is 0 Å². The third kappa shape index (κ3) is 3.13. The van der Waals surface area contributed by atoms with Crippen molar-refractivity contribution in [2.24, 2.45) is 0 Å². The summed E-state index contributed by atoms with van der Waals surface area (Å²) in [4.78, 5) is 21.9. The van der Waals surface area contributed by atoms with E-state index in [0.717, 1.165) is 0 Å². The van der Waals surface area contributed by atoms with Crippen LogP contribution in [0.5, 0.6) is 0 Å². The number of hydrogen-bond donors (Lipinski definition) is 2. The molecule has 2 aromatic rings. The minimum Gasteiger partial charge on any atom is -0.478 e. The van der Waals surface area contributed by atoms with Gasteiger partial charge in [-0.2, -0.15) is 13.2 Å². The zero-order chi connectivity index (χ0) is 15.6. The Morgan fingerprint density at radius 2 is 1.67 bits per heavy atom. The van der Waals surface area contributed by atoms with E-state index in [2.05, 4.69) is 0 Å². The summed E-state index contributed by atoms with van der Waals surface area (Å²) in [6.45, 7) is -0.335. The van der Waals surface area contributed by atoms with Crippen LogP contribution in [-0.4, -0.2) is 23.2 Å². The lowest BCUT2D eigenvalue weighted by Gasteiger charge is -2.11. The highest BCUT2D eigenvalue weighted by Gasteiger charge is 2.38. The zero-order valence-electron chi connectivity index (χ0n) is 10.6. The van der Waals surface area contributed by atoms with Crippen LogP contribution in [0.25, 0.3) is 10.8 Å². The summed E-state index contributed by atoms with van der Waals surface area (Å²) in [6.07, 6.45) is -4.95. The summed E-state index contributed by atoms with van der Waals surface area (Å²) in [5.41, 5.74) is 0.463. The van der Waals surface area contributed by atoms with Gasteiger partial charge >= 0.3 is 18.1 Å². The van der Waals surface area contributed by atoms with Crippen molar-refractivity contribution in [3.05, 3.63) is 47.5 Å². The molecular weight excluding hydrogens is 287 g/mol. The molecule has 110 valence electrons. The molecule has 0 saturated carbocycles. The first-order chi connectivity index (χ1) is 9.80. The highest BCUT2D eigenvalue weighted by molar-refractivity contribution is 6.04. The van der Waals surface area contributed by atoms with Gasteiger partial charge in [-0.15, -0.1) is 0 Å². The van der Waals surface area contributed by atoms with Gasteiger partial charge in [0.05, 0.1) is 5.56 Å². The monoisotopic (exact) mass is 297 g/mol. The molecule has 0 fully saturated rings. The molecule has 0 heterocycles. The van der Waals surface area contributed by atoms with Crippen LogP contribution >= 0.6 is 0 Å². The molecule has 0 aliphatic carbocycles. The largest absolute Gasteiger partial charge is 0.478 e. The van der Waals surface area contributed by atoms with E-state index >= 15 is 0 Å². The second-order valence-electron chi connectivity index (χ2n) is 4.30. The number of hydrogen-bond acceptors (Lipinski definition) is 2. The molecule has 2 aromatic carbocycles. The standard InChI is InChI=1S/C14H10F3NO3/c15-14(16,17)13(21)18-7-8-5-6-11(12(19)20)10-4-2-1-3-9(8)10/h1-6H,7H2,(H,18,21)(H,19,20). The van der Waals surface area contributed by atoms with Crippen LogP contribution in [0.3, 0.4) is 0 Å². The van der Waals surface area contributed by atoms with Gasteiger partial charge in [0.2, 0.25) is 0 Å². The van der Waals surface area contributed by atoms with Gasteiger partial charge in [-0.3, -0.25) is 4.79 Å². The predicted molar refractivity (Wildman–Crippen MR) is 68.8 cm³/mol. The minimum atomic E-state index is -4.95. The van der Waals surface area contributed by atoms with Gasteiger partial charge in [0.25, 0.3) is 0 Å². The maximum Gasteiger partial charge on any atom is 0.471 e. The third-order valence-electron chi connectivity index (χ3n) is 2.94. The molecule has 0 radical (unpaired) electrons. The molecule has 0 spiro atoms. The molecule has 4 nitrogen and oxygen atoms in total. The molecule has 0 aliphatic heterocycles. The molecule has 0 unspecified atom stereocenters. The maximum atomic E-state index is 12.1. The fourth-order valence-electron chi connectivity index (χ4n) is 1.98. The highest BCUT2D eigenvalue weighted by Crippen LogP contribution is 2.23. The number of rotatable bonds is 3. The Kier molecular flexibility index (Phi) is 3.84. The quantitative estimate of drug-likeness (QED) is 0.915. The number of carbonyl (C=O) groups excluding carboxylic acids is 1. The van der Waals surface area contributed by atoms with E-state index < -0.39 is 18.1 Å². The first kappa shape index (κ1) is 14.8. The van der Waals surface area contributed by atoms with Crippen molar-refractivity contribution < 1.29 is 27.9 Å². The van der Waals surface area contributed by atoms with Crippen molar-refractivity contribution in [3.8, 4) is 0 Å². The van der Waals surface area contributed by atoms with Gasteiger partial charge in [0, 0.05) is 6.54 Å². The first-order valence-electron chi connectivity index (χ1n) is 5.89. The summed E-state index contributed by atoms with van der Waals surface area (Å²) in [6, 6.07) is 9.13. The topological polar surface area (TPSA) is 66.4 Å². The normalized spacial score (nSPS) is 11.4. The van der Waals surface area contributed by atoms with Gasteiger partial charge in [-0.1, -0.05) is 30.3 Å². The summed E-state index contributed by atoms with van der Waals surface area (Å²) >= 11 is 0. The van der Waals surface area contributed by atoms with Crippen LogP contribution < -0.4 is 5.32 Å². The first-order valence-corrected chi connectivity index (χ1v) is 5.89. The summed E-state index contributed by atoms with van der Waals surface area (Å²) in [5, 5.41) is 11.7. The molecule has 7 heteroatoms. The third-order valence-corrected chi connectivity index (χ3v) is 2.94. The Labute approximate surface area is 117 Å². The van der Waals surface area contributed by atoms with Crippen molar-refractivity contribution in [3.63, 3.8) is 0 Å². The number of nitrogens with one attached hydrogen (secondary N) is 1. The summed E-state index contributed by atoms with van der Waals surface area (Å²) in [7, 11) is 0. The van der Waals surface area contributed by atoms with Crippen LogP contribution in [0, 0.1) is 0 Å².